The van der Waals surface area contributed by atoms with E-state index in [2.05, 4.69) is 29.4 Å². The Kier molecular flexibility index (Phi) is 7.55. The number of nitrogens with zero attached hydrogens (tertiary/aromatic N) is 1. The normalized spacial score (nSPS) is 13.0. The average molecular weight is 414 g/mol. The van der Waals surface area contributed by atoms with Crippen LogP contribution in [-0.2, 0) is 11.3 Å². The number of ether oxygens (including phenoxy) is 1. The summed E-state index contributed by atoms with van der Waals surface area (Å²) in [6, 6.07) is 13.1. The Labute approximate surface area is 176 Å². The van der Waals surface area contributed by atoms with Crippen LogP contribution in [0.25, 0.3) is 0 Å². The zero-order valence-electron chi connectivity index (χ0n) is 16.9. The summed E-state index contributed by atoms with van der Waals surface area (Å²) in [5, 5.41) is 5.76. The highest BCUT2D eigenvalue weighted by atomic mass is 32.2. The fourth-order valence-electron chi connectivity index (χ4n) is 3.12. The highest BCUT2D eigenvalue weighted by Gasteiger charge is 2.17. The third-order valence-electron chi connectivity index (χ3n) is 4.85. The summed E-state index contributed by atoms with van der Waals surface area (Å²) in [6.45, 7) is 8.12. The van der Waals surface area contributed by atoms with Gasteiger partial charge < -0.3 is 20.3 Å². The smallest absolute Gasteiger partial charge is 0.251 e. The van der Waals surface area contributed by atoms with Crippen LogP contribution >= 0.6 is 11.8 Å². The second kappa shape index (κ2) is 10.3. The number of nitrogens with one attached hydrogen (secondary N) is 2. The maximum absolute atomic E-state index is 12.6. The summed E-state index contributed by atoms with van der Waals surface area (Å²) < 4.78 is 5.95. The topological polar surface area (TPSA) is 70.7 Å². The molecule has 1 aliphatic heterocycles. The third kappa shape index (κ3) is 5.74. The molecule has 6 nitrogen and oxygen atoms in total. The minimum atomic E-state index is -0.185. The van der Waals surface area contributed by atoms with E-state index in [0.29, 0.717) is 30.2 Å². The molecule has 3 rings (SSSR count). The molecule has 0 saturated heterocycles. The Hall–Kier alpha value is -2.51. The Morgan fingerprint density at radius 2 is 2.00 bits per heavy atom. The fourth-order valence-corrected chi connectivity index (χ4v) is 3.91. The summed E-state index contributed by atoms with van der Waals surface area (Å²) in [5.41, 5.74) is 2.15. The third-order valence-corrected chi connectivity index (χ3v) is 5.92. The van der Waals surface area contributed by atoms with Gasteiger partial charge >= 0.3 is 0 Å². The van der Waals surface area contributed by atoms with E-state index in [9.17, 15) is 9.59 Å². The van der Waals surface area contributed by atoms with Crippen molar-refractivity contribution in [2.45, 2.75) is 25.3 Å². The molecule has 0 aromatic heterocycles. The number of para-hydroxylation sites is 1. The van der Waals surface area contributed by atoms with E-state index in [1.54, 1.807) is 12.1 Å². The van der Waals surface area contributed by atoms with Crippen LogP contribution in [0.1, 0.15) is 29.8 Å². The number of fused-ring (bicyclic) bond motifs is 1. The minimum absolute atomic E-state index is 0.0455. The molecule has 0 fully saturated rings. The van der Waals surface area contributed by atoms with E-state index in [0.717, 1.165) is 35.8 Å². The zero-order chi connectivity index (χ0) is 20.6. The van der Waals surface area contributed by atoms with Gasteiger partial charge in [0, 0.05) is 29.1 Å². The van der Waals surface area contributed by atoms with E-state index in [4.69, 9.17) is 4.74 Å². The molecule has 154 valence electrons. The lowest BCUT2D eigenvalue weighted by Gasteiger charge is -2.19. The first-order chi connectivity index (χ1) is 14.1. The van der Waals surface area contributed by atoms with Crippen LogP contribution in [0.15, 0.2) is 47.4 Å². The first-order valence-electron chi connectivity index (χ1n) is 9.88. The van der Waals surface area contributed by atoms with Gasteiger partial charge in [0.15, 0.2) is 0 Å². The number of likely N-dealkylation sites (N-methyl/N-ethyl adjacent to an activating group) is 1. The number of rotatable bonds is 9. The number of hydrogen-bond donors (Lipinski definition) is 2. The van der Waals surface area contributed by atoms with Gasteiger partial charge in [0.2, 0.25) is 5.91 Å². The van der Waals surface area contributed by atoms with E-state index >= 15 is 0 Å². The fraction of sp³-hybridized carbons (Fsp3) is 0.364. The van der Waals surface area contributed by atoms with Crippen molar-refractivity contribution in [3.8, 4) is 5.75 Å². The van der Waals surface area contributed by atoms with Crippen LogP contribution in [0.4, 0.5) is 5.69 Å². The van der Waals surface area contributed by atoms with E-state index in [1.807, 2.05) is 30.3 Å². The lowest BCUT2D eigenvalue weighted by Crippen LogP contribution is -2.28. The molecular formula is C22H27N3O3S. The van der Waals surface area contributed by atoms with Gasteiger partial charge in [-0.2, -0.15) is 0 Å². The molecule has 0 aliphatic carbocycles. The van der Waals surface area contributed by atoms with Gasteiger partial charge in [-0.1, -0.05) is 32.0 Å². The van der Waals surface area contributed by atoms with Gasteiger partial charge in [-0.3, -0.25) is 9.59 Å². The molecule has 0 unspecified atom stereocenters. The molecule has 29 heavy (non-hydrogen) atoms. The molecule has 2 aromatic rings. The van der Waals surface area contributed by atoms with Crippen molar-refractivity contribution in [1.29, 1.82) is 0 Å². The molecular weight excluding hydrogens is 386 g/mol. The second-order valence-corrected chi connectivity index (χ2v) is 7.73. The van der Waals surface area contributed by atoms with Crippen molar-refractivity contribution in [1.82, 2.24) is 10.2 Å². The molecule has 2 amide bonds. The van der Waals surface area contributed by atoms with Gasteiger partial charge in [-0.05, 0) is 37.4 Å². The number of carbonyl (C=O) groups excluding carboxylic acids is 2. The highest BCUT2D eigenvalue weighted by molar-refractivity contribution is 8.00. The summed E-state index contributed by atoms with van der Waals surface area (Å²) >= 11 is 1.48. The van der Waals surface area contributed by atoms with Crippen molar-refractivity contribution < 1.29 is 14.3 Å². The summed E-state index contributed by atoms with van der Waals surface area (Å²) in [5.74, 6) is 0.962. The van der Waals surface area contributed by atoms with E-state index in [-0.39, 0.29) is 11.8 Å². The molecule has 2 N–H and O–H groups in total. The van der Waals surface area contributed by atoms with Crippen LogP contribution in [0.2, 0.25) is 0 Å². The van der Waals surface area contributed by atoms with Crippen molar-refractivity contribution in [2.75, 3.05) is 37.3 Å². The molecule has 0 saturated carbocycles. The van der Waals surface area contributed by atoms with Gasteiger partial charge in [-0.25, -0.2) is 0 Å². The Morgan fingerprint density at radius 1 is 1.21 bits per heavy atom. The maximum atomic E-state index is 12.6. The Morgan fingerprint density at radius 3 is 2.79 bits per heavy atom. The number of hydrogen-bond acceptors (Lipinski definition) is 5. The SMILES string of the molecule is CCN(CC)CCOc1ccccc1CNC(=O)c1ccc2c(c1)NC(=O)CS2. The van der Waals surface area contributed by atoms with E-state index < -0.39 is 0 Å². The Balaban J connectivity index is 1.59. The van der Waals surface area contributed by atoms with Gasteiger partial charge in [0.25, 0.3) is 5.91 Å². The molecule has 1 aliphatic rings. The lowest BCUT2D eigenvalue weighted by molar-refractivity contribution is -0.113. The quantitative estimate of drug-likeness (QED) is 0.660. The molecule has 0 spiro atoms. The first kappa shape index (κ1) is 21.2. The molecule has 2 aromatic carbocycles. The van der Waals surface area contributed by atoms with E-state index in [1.165, 1.54) is 11.8 Å². The van der Waals surface area contributed by atoms with Crippen LogP contribution in [0.3, 0.4) is 0 Å². The maximum Gasteiger partial charge on any atom is 0.251 e. The highest BCUT2D eigenvalue weighted by Crippen LogP contribution is 2.32. The monoisotopic (exact) mass is 413 g/mol. The second-order valence-electron chi connectivity index (χ2n) is 6.71. The lowest BCUT2D eigenvalue weighted by atomic mass is 10.1. The minimum Gasteiger partial charge on any atom is -0.492 e. The summed E-state index contributed by atoms with van der Waals surface area (Å²) in [7, 11) is 0. The van der Waals surface area contributed by atoms with Crippen LogP contribution in [-0.4, -0.2) is 48.7 Å². The largest absolute Gasteiger partial charge is 0.492 e. The standard InChI is InChI=1S/C22H27N3O3S/c1-3-25(4-2)11-12-28-19-8-6-5-7-17(19)14-23-22(27)16-9-10-20-18(13-16)24-21(26)15-29-20/h5-10,13H,3-4,11-12,14-15H2,1-2H3,(H,23,27)(H,24,26). The van der Waals surface area contributed by atoms with Gasteiger partial charge in [0.05, 0.1) is 11.4 Å². The van der Waals surface area contributed by atoms with Crippen molar-refractivity contribution in [2.24, 2.45) is 0 Å². The first-order valence-corrected chi connectivity index (χ1v) is 10.9. The molecule has 1 heterocycles. The van der Waals surface area contributed by atoms with Crippen molar-refractivity contribution in [3.05, 3.63) is 53.6 Å². The average Bonchev–Trinajstić information content (AvgIpc) is 2.75. The number of benzene rings is 2. The number of thioether (sulfide) groups is 1. The van der Waals surface area contributed by atoms with Crippen LogP contribution < -0.4 is 15.4 Å². The number of anilines is 1. The number of amides is 2. The van der Waals surface area contributed by atoms with Gasteiger partial charge in [-0.15, -0.1) is 11.8 Å². The van der Waals surface area contributed by atoms with Crippen LogP contribution in [0, 0.1) is 0 Å². The zero-order valence-corrected chi connectivity index (χ0v) is 17.7. The predicted molar refractivity (Wildman–Crippen MR) is 117 cm³/mol. The molecule has 0 radical (unpaired) electrons. The van der Waals surface area contributed by atoms with Crippen LogP contribution in [0.5, 0.6) is 5.75 Å². The van der Waals surface area contributed by atoms with Crippen molar-refractivity contribution in [3.63, 3.8) is 0 Å². The molecule has 0 bridgehead atoms. The predicted octanol–water partition coefficient (Wildman–Crippen LogP) is 3.38. The molecule has 0 atom stereocenters. The summed E-state index contributed by atoms with van der Waals surface area (Å²) in [4.78, 5) is 27.5. The van der Waals surface area contributed by atoms with Gasteiger partial charge in [0.1, 0.15) is 12.4 Å². The molecule has 7 heteroatoms. The van der Waals surface area contributed by atoms with Crippen molar-refractivity contribution >= 4 is 29.3 Å². The number of carbonyl (C=O) groups is 2. The Bertz CT molecular complexity index is 868. The summed E-state index contributed by atoms with van der Waals surface area (Å²) in [6.07, 6.45) is 0.